The van der Waals surface area contributed by atoms with Crippen LogP contribution in [0.15, 0.2) is 29.3 Å². The third kappa shape index (κ3) is 8.28. The van der Waals surface area contributed by atoms with E-state index in [9.17, 15) is 12.8 Å². The first-order valence-electron chi connectivity index (χ1n) is 8.84. The minimum atomic E-state index is -3.32. The molecule has 1 heterocycles. The molecule has 0 unspecified atom stereocenters. The molecule has 1 aromatic rings. The lowest BCUT2D eigenvalue weighted by atomic mass is 10.1. The topological polar surface area (TPSA) is 83.0 Å². The molecule has 154 valence electrons. The van der Waals surface area contributed by atoms with Crippen LogP contribution in [0.3, 0.4) is 0 Å². The highest BCUT2D eigenvalue weighted by atomic mass is 127. The van der Waals surface area contributed by atoms with Crippen LogP contribution in [0.5, 0.6) is 0 Å². The Morgan fingerprint density at radius 3 is 2.63 bits per heavy atom. The van der Waals surface area contributed by atoms with Crippen LogP contribution in [0.25, 0.3) is 0 Å². The lowest BCUT2D eigenvalue weighted by molar-refractivity contribution is 0.0731. The number of rotatable bonds is 8. The fourth-order valence-corrected chi connectivity index (χ4v) is 3.87. The minimum Gasteiger partial charge on any atom is -0.379 e. The van der Waals surface area contributed by atoms with Crippen LogP contribution in [0.4, 0.5) is 4.39 Å². The fourth-order valence-electron chi connectivity index (χ4n) is 2.59. The molecule has 1 aliphatic rings. The summed E-state index contributed by atoms with van der Waals surface area (Å²) in [5.74, 6) is 0.255. The Labute approximate surface area is 177 Å². The lowest BCUT2D eigenvalue weighted by Gasteiger charge is -2.25. The summed E-state index contributed by atoms with van der Waals surface area (Å²) in [5, 5.41) is 6.17. The van der Waals surface area contributed by atoms with Crippen molar-refractivity contribution in [2.75, 3.05) is 51.7 Å². The van der Waals surface area contributed by atoms with Crippen LogP contribution in [0.2, 0.25) is 0 Å². The second-order valence-corrected chi connectivity index (χ2v) is 7.94. The van der Waals surface area contributed by atoms with Crippen molar-refractivity contribution in [3.05, 3.63) is 35.6 Å². The maximum absolute atomic E-state index is 13.6. The molecule has 0 spiro atoms. The van der Waals surface area contributed by atoms with E-state index >= 15 is 0 Å². The standard InChI is InChI=1S/C17H27FN4O3S.HI/c1-2-19-17(20-8-7-15-5-3-4-6-16(15)18)21-9-14-26(23,24)22-10-12-25-13-11-22;/h3-6H,2,7-14H2,1H3,(H2,19,20,21);1H. The van der Waals surface area contributed by atoms with Crippen LogP contribution in [0.1, 0.15) is 12.5 Å². The zero-order valence-electron chi connectivity index (χ0n) is 15.5. The van der Waals surface area contributed by atoms with Crippen molar-refractivity contribution in [3.63, 3.8) is 0 Å². The normalized spacial score (nSPS) is 15.9. The molecule has 27 heavy (non-hydrogen) atoms. The molecule has 10 heteroatoms. The lowest BCUT2D eigenvalue weighted by Crippen LogP contribution is -2.42. The molecule has 0 aliphatic carbocycles. The molecule has 2 rings (SSSR count). The van der Waals surface area contributed by atoms with E-state index in [1.54, 1.807) is 18.2 Å². The van der Waals surface area contributed by atoms with Crippen molar-refractivity contribution >= 4 is 40.0 Å². The second kappa shape index (κ2) is 12.5. The van der Waals surface area contributed by atoms with Crippen molar-refractivity contribution in [1.82, 2.24) is 14.9 Å². The van der Waals surface area contributed by atoms with Gasteiger partial charge >= 0.3 is 0 Å². The number of benzene rings is 1. The number of aliphatic imine (C=N–C) groups is 1. The first-order valence-corrected chi connectivity index (χ1v) is 10.4. The first-order chi connectivity index (χ1) is 12.5. The summed E-state index contributed by atoms with van der Waals surface area (Å²) >= 11 is 0. The average molecular weight is 514 g/mol. The summed E-state index contributed by atoms with van der Waals surface area (Å²) in [5.41, 5.74) is 0.630. The molecule has 0 radical (unpaired) electrons. The van der Waals surface area contributed by atoms with Crippen molar-refractivity contribution in [2.24, 2.45) is 4.99 Å². The predicted molar refractivity (Wildman–Crippen MR) is 116 cm³/mol. The quantitative estimate of drug-likeness (QED) is 0.310. The molecule has 0 saturated carbocycles. The highest BCUT2D eigenvalue weighted by Gasteiger charge is 2.23. The summed E-state index contributed by atoms with van der Waals surface area (Å²) in [4.78, 5) is 4.31. The molecule has 1 saturated heterocycles. The Bertz CT molecular complexity index is 697. The third-order valence-electron chi connectivity index (χ3n) is 3.97. The van der Waals surface area contributed by atoms with Gasteiger partial charge in [-0.3, -0.25) is 4.99 Å². The van der Waals surface area contributed by atoms with E-state index in [4.69, 9.17) is 4.74 Å². The van der Waals surface area contributed by atoms with E-state index in [2.05, 4.69) is 15.6 Å². The SMILES string of the molecule is CCNC(=NCCS(=O)(=O)N1CCOCC1)NCCc1ccccc1F.I. The van der Waals surface area contributed by atoms with Gasteiger partial charge in [-0.25, -0.2) is 12.8 Å². The van der Waals surface area contributed by atoms with E-state index in [0.29, 0.717) is 57.3 Å². The molecule has 0 atom stereocenters. The summed E-state index contributed by atoms with van der Waals surface area (Å²) in [7, 11) is -3.32. The van der Waals surface area contributed by atoms with E-state index in [0.717, 1.165) is 0 Å². The monoisotopic (exact) mass is 514 g/mol. The Morgan fingerprint density at radius 1 is 1.26 bits per heavy atom. The summed E-state index contributed by atoms with van der Waals surface area (Å²) in [6.45, 7) is 4.91. The Hall–Kier alpha value is -0.980. The van der Waals surface area contributed by atoms with Crippen molar-refractivity contribution < 1.29 is 17.5 Å². The average Bonchev–Trinajstić information content (AvgIpc) is 2.64. The number of halogens is 2. The molecule has 0 bridgehead atoms. The van der Waals surface area contributed by atoms with Gasteiger partial charge in [0.25, 0.3) is 0 Å². The van der Waals surface area contributed by atoms with Gasteiger partial charge in [-0.05, 0) is 25.0 Å². The van der Waals surface area contributed by atoms with Crippen molar-refractivity contribution in [3.8, 4) is 0 Å². The van der Waals surface area contributed by atoms with E-state index in [1.807, 2.05) is 6.92 Å². The molecule has 2 N–H and O–H groups in total. The van der Waals surface area contributed by atoms with Crippen LogP contribution in [-0.4, -0.2) is 70.4 Å². The minimum absolute atomic E-state index is 0. The molecule has 1 fully saturated rings. The highest BCUT2D eigenvalue weighted by molar-refractivity contribution is 14.0. The Balaban J connectivity index is 0.00000364. The fraction of sp³-hybridized carbons (Fsp3) is 0.588. The maximum atomic E-state index is 13.6. The smallest absolute Gasteiger partial charge is 0.216 e. The van der Waals surface area contributed by atoms with Crippen LogP contribution >= 0.6 is 24.0 Å². The van der Waals surface area contributed by atoms with Gasteiger partial charge in [0, 0.05) is 26.2 Å². The number of hydrogen-bond acceptors (Lipinski definition) is 4. The summed E-state index contributed by atoms with van der Waals surface area (Å²) in [6, 6.07) is 6.64. The summed E-state index contributed by atoms with van der Waals surface area (Å²) in [6.07, 6.45) is 0.517. The first kappa shape index (κ1) is 24.1. The molecule has 1 aromatic carbocycles. The van der Waals surface area contributed by atoms with Crippen LogP contribution in [-0.2, 0) is 21.2 Å². The number of nitrogens with zero attached hydrogens (tertiary/aromatic N) is 2. The Kier molecular flexibility index (Phi) is 11.1. The van der Waals surface area contributed by atoms with Gasteiger partial charge in [0.05, 0.1) is 25.5 Å². The highest BCUT2D eigenvalue weighted by Crippen LogP contribution is 2.07. The number of guanidine groups is 1. The van der Waals surface area contributed by atoms with Gasteiger partial charge in [-0.1, -0.05) is 18.2 Å². The molecule has 1 aliphatic heterocycles. The molecule has 7 nitrogen and oxygen atoms in total. The molecular formula is C17H28FIN4O3S. The number of sulfonamides is 1. The zero-order valence-corrected chi connectivity index (χ0v) is 18.6. The Morgan fingerprint density at radius 2 is 1.96 bits per heavy atom. The van der Waals surface area contributed by atoms with Gasteiger partial charge in [0.1, 0.15) is 5.82 Å². The van der Waals surface area contributed by atoms with E-state index in [1.165, 1.54) is 10.4 Å². The van der Waals surface area contributed by atoms with Crippen molar-refractivity contribution in [1.29, 1.82) is 0 Å². The number of hydrogen-bond donors (Lipinski definition) is 2. The molecule has 0 amide bonds. The van der Waals surface area contributed by atoms with Crippen LogP contribution < -0.4 is 10.6 Å². The van der Waals surface area contributed by atoms with Gasteiger partial charge in [0.2, 0.25) is 10.0 Å². The largest absolute Gasteiger partial charge is 0.379 e. The van der Waals surface area contributed by atoms with E-state index < -0.39 is 10.0 Å². The number of morpholine rings is 1. The second-order valence-electron chi connectivity index (χ2n) is 5.86. The molecule has 0 aromatic heterocycles. The van der Waals surface area contributed by atoms with Gasteiger partial charge in [0.15, 0.2) is 5.96 Å². The third-order valence-corrected chi connectivity index (χ3v) is 5.82. The number of ether oxygens (including phenoxy) is 1. The van der Waals surface area contributed by atoms with Gasteiger partial charge < -0.3 is 15.4 Å². The van der Waals surface area contributed by atoms with E-state index in [-0.39, 0.29) is 42.1 Å². The predicted octanol–water partition coefficient (Wildman–Crippen LogP) is 1.20. The summed E-state index contributed by atoms with van der Waals surface area (Å²) < 4.78 is 44.8. The van der Waals surface area contributed by atoms with Gasteiger partial charge in [-0.15, -0.1) is 24.0 Å². The number of nitrogens with one attached hydrogen (secondary N) is 2. The maximum Gasteiger partial charge on any atom is 0.216 e. The van der Waals surface area contributed by atoms with Crippen molar-refractivity contribution in [2.45, 2.75) is 13.3 Å². The molecular weight excluding hydrogens is 486 g/mol. The van der Waals surface area contributed by atoms with Crippen LogP contribution in [0, 0.1) is 5.82 Å². The van der Waals surface area contributed by atoms with Gasteiger partial charge in [-0.2, -0.15) is 4.31 Å². The zero-order chi connectivity index (χ0) is 18.8.